The average Bonchev–Trinajstić information content (AvgIpc) is 3.46. The Hall–Kier alpha value is -4.04. The molecule has 1 aliphatic heterocycles. The second-order valence-electron chi connectivity index (χ2n) is 12.4. The van der Waals surface area contributed by atoms with Gasteiger partial charge in [0.15, 0.2) is 5.82 Å². The summed E-state index contributed by atoms with van der Waals surface area (Å²) in [5, 5.41) is 22.8. The second-order valence-corrected chi connectivity index (χ2v) is 12.4. The summed E-state index contributed by atoms with van der Waals surface area (Å²) in [5.41, 5.74) is 0.667. The number of rotatable bonds is 11. The van der Waals surface area contributed by atoms with E-state index in [4.69, 9.17) is 14.2 Å². The maximum Gasteiger partial charge on any atom is 0.389 e. The SMILES string of the molecule is C=Cc1cc(OC)c2nnc(C)cc2c1.CNC[C@@]1(c2cc(C(C)(C)O)c(F)c(-c3ccc(F)cc3)n2)C[C@H](OCCCC(F)(F)F)CO1. The number of alkyl halides is 3. The molecule has 0 unspecified atom stereocenters. The number of hydrogen-bond acceptors (Lipinski definition) is 8. The Morgan fingerprint density at radius 2 is 1.82 bits per heavy atom. The van der Waals surface area contributed by atoms with Crippen LogP contribution < -0.4 is 10.1 Å². The van der Waals surface area contributed by atoms with E-state index in [1.165, 1.54) is 44.2 Å². The van der Waals surface area contributed by atoms with Gasteiger partial charge in [-0.25, -0.2) is 13.8 Å². The summed E-state index contributed by atoms with van der Waals surface area (Å²) in [6, 6.07) is 12.5. The molecule has 0 amide bonds. The van der Waals surface area contributed by atoms with Gasteiger partial charge in [0, 0.05) is 42.5 Å². The van der Waals surface area contributed by atoms with Crippen molar-refractivity contribution >= 4 is 17.0 Å². The Labute approximate surface area is 282 Å². The van der Waals surface area contributed by atoms with E-state index in [1.54, 1.807) is 20.2 Å². The molecule has 264 valence electrons. The van der Waals surface area contributed by atoms with Crippen molar-refractivity contribution in [1.82, 2.24) is 20.5 Å². The van der Waals surface area contributed by atoms with Crippen LogP contribution in [0.4, 0.5) is 22.0 Å². The standard InChI is InChI=1S/C24H29F5N2O3.C12H12N2O/c1-22(2,32)18-11-19(31-21(20(18)26)15-5-7-16(25)8-6-15)23(14-30-3)12-17(13-34-23)33-10-4-9-24(27,28)29;1-4-9-6-10-5-8(2)13-14-12(10)11(7-9)15-3/h5-8,11,17,30,32H,4,9-10,12-14H2,1-3H3;4-7H,1H2,2-3H3/t17-,23+;/m0./s1. The first-order valence-electron chi connectivity index (χ1n) is 15.7. The van der Waals surface area contributed by atoms with Crippen LogP contribution in [0.25, 0.3) is 28.2 Å². The number of halogens is 5. The summed E-state index contributed by atoms with van der Waals surface area (Å²) in [7, 11) is 3.33. The zero-order valence-electron chi connectivity index (χ0n) is 28.1. The van der Waals surface area contributed by atoms with E-state index < -0.39 is 41.5 Å². The van der Waals surface area contributed by atoms with Crippen LogP contribution in [-0.2, 0) is 20.7 Å². The zero-order valence-corrected chi connectivity index (χ0v) is 28.1. The number of nitrogens with zero attached hydrogens (tertiary/aromatic N) is 3. The third-order valence-electron chi connectivity index (χ3n) is 7.98. The summed E-state index contributed by atoms with van der Waals surface area (Å²) >= 11 is 0. The van der Waals surface area contributed by atoms with Gasteiger partial charge in [-0.2, -0.15) is 18.3 Å². The molecular weight excluding hydrogens is 647 g/mol. The normalized spacial score (nSPS) is 17.9. The molecule has 0 bridgehead atoms. The second kappa shape index (κ2) is 15.7. The Bertz CT molecular complexity index is 1750. The van der Waals surface area contributed by atoms with Gasteiger partial charge in [0.25, 0.3) is 0 Å². The highest BCUT2D eigenvalue weighted by Gasteiger charge is 2.45. The van der Waals surface area contributed by atoms with Crippen molar-refractivity contribution < 1.29 is 41.3 Å². The average molecular weight is 689 g/mol. The predicted octanol–water partition coefficient (Wildman–Crippen LogP) is 7.41. The van der Waals surface area contributed by atoms with Crippen molar-refractivity contribution in [3.05, 3.63) is 89.3 Å². The number of hydrogen-bond donors (Lipinski definition) is 2. The molecule has 5 rings (SSSR count). The molecule has 1 saturated heterocycles. The number of ether oxygens (including phenoxy) is 3. The van der Waals surface area contributed by atoms with Gasteiger partial charge < -0.3 is 24.6 Å². The van der Waals surface area contributed by atoms with E-state index in [0.29, 0.717) is 11.3 Å². The van der Waals surface area contributed by atoms with E-state index >= 15 is 4.39 Å². The van der Waals surface area contributed by atoms with E-state index in [1.807, 2.05) is 25.1 Å². The fraction of sp³-hybridized carbons (Fsp3) is 0.417. The molecule has 2 aromatic carbocycles. The maximum atomic E-state index is 15.4. The minimum atomic E-state index is -4.24. The van der Waals surface area contributed by atoms with Gasteiger partial charge in [-0.1, -0.05) is 12.7 Å². The van der Waals surface area contributed by atoms with E-state index in [0.717, 1.165) is 27.9 Å². The van der Waals surface area contributed by atoms with Crippen molar-refractivity contribution in [1.29, 1.82) is 0 Å². The minimum absolute atomic E-state index is 0.00884. The van der Waals surface area contributed by atoms with Crippen LogP contribution in [0, 0.1) is 18.6 Å². The lowest BCUT2D eigenvalue weighted by atomic mass is 9.88. The van der Waals surface area contributed by atoms with E-state index in [9.17, 15) is 22.7 Å². The third kappa shape index (κ3) is 9.56. The number of likely N-dealkylation sites (N-methyl/N-ethyl adjacent to an activating group) is 1. The first-order chi connectivity index (χ1) is 23.1. The highest BCUT2D eigenvalue weighted by molar-refractivity contribution is 5.86. The van der Waals surface area contributed by atoms with Gasteiger partial charge in [0.05, 0.1) is 36.8 Å². The van der Waals surface area contributed by atoms with Crippen molar-refractivity contribution in [2.24, 2.45) is 0 Å². The lowest BCUT2D eigenvalue weighted by molar-refractivity contribution is -0.138. The highest BCUT2D eigenvalue weighted by atomic mass is 19.4. The molecule has 3 heterocycles. The first kappa shape index (κ1) is 37.8. The smallest absolute Gasteiger partial charge is 0.389 e. The molecular formula is C36H41F5N4O4. The fourth-order valence-corrected chi connectivity index (χ4v) is 5.58. The maximum absolute atomic E-state index is 15.4. The number of pyridine rings is 1. The molecule has 1 aliphatic rings. The number of methoxy groups -OCH3 is 1. The van der Waals surface area contributed by atoms with Gasteiger partial charge in [0.1, 0.15) is 28.4 Å². The Morgan fingerprint density at radius 3 is 2.43 bits per heavy atom. The quantitative estimate of drug-likeness (QED) is 0.124. The minimum Gasteiger partial charge on any atom is -0.494 e. The molecule has 1 fully saturated rings. The fourth-order valence-electron chi connectivity index (χ4n) is 5.58. The van der Waals surface area contributed by atoms with Gasteiger partial charge >= 0.3 is 6.18 Å². The molecule has 0 radical (unpaired) electrons. The van der Waals surface area contributed by atoms with Crippen LogP contribution in [0.1, 0.15) is 55.6 Å². The number of aromatic nitrogens is 3. The lowest BCUT2D eigenvalue weighted by Gasteiger charge is -2.30. The van der Waals surface area contributed by atoms with Crippen LogP contribution in [-0.4, -0.2) is 66.5 Å². The molecule has 0 spiro atoms. The molecule has 8 nitrogen and oxygen atoms in total. The third-order valence-corrected chi connectivity index (χ3v) is 7.98. The van der Waals surface area contributed by atoms with E-state index in [-0.39, 0.29) is 43.9 Å². The Balaban J connectivity index is 0.000000299. The van der Waals surface area contributed by atoms with Crippen LogP contribution >= 0.6 is 0 Å². The Morgan fingerprint density at radius 1 is 1.10 bits per heavy atom. The molecule has 4 aromatic rings. The molecule has 13 heteroatoms. The van der Waals surface area contributed by atoms with Crippen molar-refractivity contribution in [2.45, 2.75) is 63.5 Å². The van der Waals surface area contributed by atoms with Crippen LogP contribution in [0.2, 0.25) is 0 Å². The highest BCUT2D eigenvalue weighted by Crippen LogP contribution is 2.40. The van der Waals surface area contributed by atoms with Crippen molar-refractivity contribution in [3.8, 4) is 17.0 Å². The van der Waals surface area contributed by atoms with Gasteiger partial charge in [-0.3, -0.25) is 0 Å². The van der Waals surface area contributed by atoms with Gasteiger partial charge in [0.2, 0.25) is 0 Å². The lowest BCUT2D eigenvalue weighted by Crippen LogP contribution is -2.38. The number of nitrogens with one attached hydrogen (secondary N) is 1. The molecule has 0 aliphatic carbocycles. The first-order valence-corrected chi connectivity index (χ1v) is 15.7. The number of aliphatic hydroxyl groups is 1. The summed E-state index contributed by atoms with van der Waals surface area (Å²) in [6.45, 7) is 8.86. The largest absolute Gasteiger partial charge is 0.494 e. The van der Waals surface area contributed by atoms with Crippen LogP contribution in [0.15, 0.2) is 55.1 Å². The van der Waals surface area contributed by atoms with Crippen LogP contribution in [0.3, 0.4) is 0 Å². The molecule has 49 heavy (non-hydrogen) atoms. The summed E-state index contributed by atoms with van der Waals surface area (Å²) in [4.78, 5) is 4.50. The zero-order chi connectivity index (χ0) is 36.0. The monoisotopic (exact) mass is 688 g/mol. The summed E-state index contributed by atoms with van der Waals surface area (Å²) < 4.78 is 83.0. The van der Waals surface area contributed by atoms with Gasteiger partial charge in [-0.05, 0) is 88.3 Å². The van der Waals surface area contributed by atoms with Crippen molar-refractivity contribution in [2.75, 3.05) is 33.9 Å². The van der Waals surface area contributed by atoms with Crippen LogP contribution in [0.5, 0.6) is 5.75 Å². The predicted molar refractivity (Wildman–Crippen MR) is 177 cm³/mol. The van der Waals surface area contributed by atoms with E-state index in [2.05, 4.69) is 27.1 Å². The summed E-state index contributed by atoms with van der Waals surface area (Å²) in [5.74, 6) is -0.491. The van der Waals surface area contributed by atoms with Gasteiger partial charge in [-0.15, -0.1) is 5.10 Å². The number of aryl methyl sites for hydroxylation is 1. The molecule has 0 saturated carbocycles. The Kier molecular flexibility index (Phi) is 12.1. The number of benzene rings is 2. The summed E-state index contributed by atoms with van der Waals surface area (Å²) in [6.07, 6.45) is -3.76. The molecule has 2 N–H and O–H groups in total. The molecule has 2 atom stereocenters. The topological polar surface area (TPSA) is 98.6 Å². The number of fused-ring (bicyclic) bond motifs is 1. The van der Waals surface area contributed by atoms with Crippen molar-refractivity contribution in [3.63, 3.8) is 0 Å². The molecule has 2 aromatic heterocycles.